The zero-order valence-electron chi connectivity index (χ0n) is 11.9. The van der Waals surface area contributed by atoms with E-state index in [0.29, 0.717) is 0 Å². The summed E-state index contributed by atoms with van der Waals surface area (Å²) in [6.07, 6.45) is 9.52. The summed E-state index contributed by atoms with van der Waals surface area (Å²) in [7, 11) is -6.00. The third-order valence-electron chi connectivity index (χ3n) is 2.76. The minimum absolute atomic E-state index is 1.17. The zero-order valence-corrected chi connectivity index (χ0v) is 11.9. The highest BCUT2D eigenvalue weighted by molar-refractivity contribution is 6.50. The molecule has 1 heterocycles. The predicted molar refractivity (Wildman–Crippen MR) is 69.4 cm³/mol. The van der Waals surface area contributed by atoms with Crippen LogP contribution in [0.4, 0.5) is 17.3 Å². The first kappa shape index (κ1) is 18.0. The van der Waals surface area contributed by atoms with Gasteiger partial charge in [-0.1, -0.05) is 26.7 Å². The minimum atomic E-state index is -6.00. The number of rotatable bonds is 6. The van der Waals surface area contributed by atoms with Crippen LogP contribution in [0.5, 0.6) is 0 Å². The molecule has 7 heteroatoms. The summed E-state index contributed by atoms with van der Waals surface area (Å²) in [4.78, 5) is 0. The van der Waals surface area contributed by atoms with Gasteiger partial charge in [-0.2, -0.15) is 0 Å². The van der Waals surface area contributed by atoms with E-state index in [-0.39, 0.29) is 0 Å². The number of halogens is 4. The van der Waals surface area contributed by atoms with E-state index in [4.69, 9.17) is 0 Å². The van der Waals surface area contributed by atoms with Gasteiger partial charge >= 0.3 is 7.25 Å². The molecule has 0 aromatic carbocycles. The molecule has 0 aliphatic carbocycles. The van der Waals surface area contributed by atoms with Gasteiger partial charge in [-0.25, -0.2) is 9.13 Å². The normalized spacial score (nSPS) is 11.1. The molecule has 0 saturated heterocycles. The number of aromatic nitrogens is 2. The highest BCUT2D eigenvalue weighted by atomic mass is 19.5. The lowest BCUT2D eigenvalue weighted by atomic mass is 10.3. The molecule has 2 nitrogen and oxygen atoms in total. The van der Waals surface area contributed by atoms with Crippen molar-refractivity contribution in [1.82, 2.24) is 4.57 Å². The molecule has 0 N–H and O–H groups in total. The largest absolute Gasteiger partial charge is 0.673 e. The van der Waals surface area contributed by atoms with Gasteiger partial charge in [-0.05, 0) is 12.8 Å². The van der Waals surface area contributed by atoms with E-state index in [1.807, 2.05) is 0 Å². The van der Waals surface area contributed by atoms with Gasteiger partial charge in [0.2, 0.25) is 0 Å². The summed E-state index contributed by atoms with van der Waals surface area (Å²) in [5.74, 6) is 1.40. The lowest BCUT2D eigenvalue weighted by Gasteiger charge is -1.99. The SMILES string of the molecule is CCCCn1cc[n+](CCCC)c1C.F[B-](F)(F)F. The molecule has 0 atom stereocenters. The number of nitrogens with zero attached hydrogens (tertiary/aromatic N) is 2. The van der Waals surface area contributed by atoms with Crippen LogP contribution in [-0.2, 0) is 13.1 Å². The van der Waals surface area contributed by atoms with Gasteiger partial charge in [-0.15, -0.1) is 0 Å². The quantitative estimate of drug-likeness (QED) is 0.424. The maximum absolute atomic E-state index is 9.75. The molecule has 1 rings (SSSR count). The van der Waals surface area contributed by atoms with Crippen LogP contribution in [0, 0.1) is 6.92 Å². The first-order valence-corrected chi connectivity index (χ1v) is 6.72. The van der Waals surface area contributed by atoms with E-state index < -0.39 is 7.25 Å². The molecule has 0 fully saturated rings. The third kappa shape index (κ3) is 9.56. The van der Waals surface area contributed by atoms with Crippen LogP contribution in [-0.4, -0.2) is 11.8 Å². The summed E-state index contributed by atoms with van der Waals surface area (Å²) in [5.41, 5.74) is 0. The first-order chi connectivity index (χ1) is 8.79. The number of unbranched alkanes of at least 4 members (excludes halogenated alkanes) is 2. The summed E-state index contributed by atoms with van der Waals surface area (Å²) >= 11 is 0. The summed E-state index contributed by atoms with van der Waals surface area (Å²) in [5, 5.41) is 0. The summed E-state index contributed by atoms with van der Waals surface area (Å²) in [6.45, 7) is 9.03. The van der Waals surface area contributed by atoms with Gasteiger partial charge in [0.15, 0.2) is 0 Å². The molecule has 0 spiro atoms. The molecule has 0 radical (unpaired) electrons. The second kappa shape index (κ2) is 8.99. The molecule has 0 saturated carbocycles. The molecule has 1 aromatic heterocycles. The van der Waals surface area contributed by atoms with Crippen LogP contribution >= 0.6 is 0 Å². The van der Waals surface area contributed by atoms with Crippen LogP contribution < -0.4 is 4.57 Å². The molecule has 112 valence electrons. The second-order valence-electron chi connectivity index (χ2n) is 4.43. The number of hydrogen-bond acceptors (Lipinski definition) is 0. The Bertz CT molecular complexity index is 318. The van der Waals surface area contributed by atoms with Crippen molar-refractivity contribution in [2.45, 2.75) is 59.5 Å². The average Bonchev–Trinajstić information content (AvgIpc) is 2.63. The Morgan fingerprint density at radius 1 is 1.11 bits per heavy atom. The van der Waals surface area contributed by atoms with Crippen molar-refractivity contribution in [2.75, 3.05) is 0 Å². The van der Waals surface area contributed by atoms with Crippen molar-refractivity contribution in [3.63, 3.8) is 0 Å². The van der Waals surface area contributed by atoms with Gasteiger partial charge in [-0.3, -0.25) is 0 Å². The second-order valence-corrected chi connectivity index (χ2v) is 4.43. The fourth-order valence-corrected chi connectivity index (χ4v) is 1.67. The van der Waals surface area contributed by atoms with E-state index in [0.717, 1.165) is 0 Å². The lowest BCUT2D eigenvalue weighted by molar-refractivity contribution is -0.702. The zero-order chi connectivity index (χ0) is 14.9. The van der Waals surface area contributed by atoms with Gasteiger partial charge in [0.1, 0.15) is 12.4 Å². The molecule has 0 aliphatic heterocycles. The highest BCUT2D eigenvalue weighted by Crippen LogP contribution is 2.06. The van der Waals surface area contributed by atoms with Crippen LogP contribution in [0.1, 0.15) is 45.4 Å². The van der Waals surface area contributed by atoms with Crippen molar-refractivity contribution in [3.05, 3.63) is 18.2 Å². The molecular formula is C12H23BF4N2. The maximum atomic E-state index is 9.75. The van der Waals surface area contributed by atoms with Crippen molar-refractivity contribution in [3.8, 4) is 0 Å². The van der Waals surface area contributed by atoms with Crippen molar-refractivity contribution < 1.29 is 21.8 Å². The monoisotopic (exact) mass is 282 g/mol. The maximum Gasteiger partial charge on any atom is 0.673 e. The van der Waals surface area contributed by atoms with E-state index in [9.17, 15) is 17.3 Å². The minimum Gasteiger partial charge on any atom is -0.418 e. The van der Waals surface area contributed by atoms with Crippen molar-refractivity contribution in [2.24, 2.45) is 0 Å². The van der Waals surface area contributed by atoms with E-state index in [1.165, 1.54) is 44.6 Å². The van der Waals surface area contributed by atoms with Gasteiger partial charge in [0.25, 0.3) is 5.82 Å². The molecule has 0 bridgehead atoms. The Kier molecular flexibility index (Phi) is 8.51. The molecular weight excluding hydrogens is 259 g/mol. The fourth-order valence-electron chi connectivity index (χ4n) is 1.67. The smallest absolute Gasteiger partial charge is 0.418 e. The summed E-state index contributed by atoms with van der Waals surface area (Å²) < 4.78 is 43.7. The Morgan fingerprint density at radius 3 is 2.11 bits per heavy atom. The highest BCUT2D eigenvalue weighted by Gasteiger charge is 2.20. The van der Waals surface area contributed by atoms with Crippen LogP contribution in [0.25, 0.3) is 0 Å². The molecule has 19 heavy (non-hydrogen) atoms. The Morgan fingerprint density at radius 2 is 1.63 bits per heavy atom. The molecule has 0 amide bonds. The topological polar surface area (TPSA) is 8.81 Å². The van der Waals surface area contributed by atoms with E-state index in [1.54, 1.807) is 0 Å². The van der Waals surface area contributed by atoms with E-state index >= 15 is 0 Å². The number of imidazole rings is 1. The van der Waals surface area contributed by atoms with E-state index in [2.05, 4.69) is 42.3 Å². The Balaban J connectivity index is 0.000000555. The van der Waals surface area contributed by atoms with Crippen molar-refractivity contribution >= 4 is 7.25 Å². The van der Waals surface area contributed by atoms with Gasteiger partial charge < -0.3 is 17.3 Å². The molecule has 1 aromatic rings. The van der Waals surface area contributed by atoms with Crippen molar-refractivity contribution in [1.29, 1.82) is 0 Å². The van der Waals surface area contributed by atoms with Gasteiger partial charge in [0, 0.05) is 6.92 Å². The standard InChI is InChI=1S/C12H23N2.BF4/c1-4-6-8-13-10-11-14(12(13)3)9-7-5-2;2-1(3,4)5/h10-11H,4-9H2,1-3H3;/q+1;-1. The number of hydrogen-bond donors (Lipinski definition) is 0. The lowest BCUT2D eigenvalue weighted by Crippen LogP contribution is -2.35. The molecule has 0 unspecified atom stereocenters. The average molecular weight is 282 g/mol. The van der Waals surface area contributed by atoms with Crippen LogP contribution in [0.15, 0.2) is 12.4 Å². The Hall–Kier alpha value is -1.01. The molecule has 0 aliphatic rings. The predicted octanol–water partition coefficient (Wildman–Crippen LogP) is 3.98. The first-order valence-electron chi connectivity index (χ1n) is 6.72. The summed E-state index contributed by atoms with van der Waals surface area (Å²) in [6, 6.07) is 0. The number of aryl methyl sites for hydroxylation is 2. The fraction of sp³-hybridized carbons (Fsp3) is 0.750. The van der Waals surface area contributed by atoms with Gasteiger partial charge in [0.05, 0.1) is 13.1 Å². The van der Waals surface area contributed by atoms with Crippen LogP contribution in [0.2, 0.25) is 0 Å². The third-order valence-corrected chi connectivity index (χ3v) is 2.76. The van der Waals surface area contributed by atoms with Crippen LogP contribution in [0.3, 0.4) is 0 Å². The Labute approximate surface area is 112 Å².